The first-order valence-electron chi connectivity index (χ1n) is 6.99. The lowest BCUT2D eigenvalue weighted by Crippen LogP contribution is -2.26. The molecule has 0 saturated carbocycles. The van der Waals surface area contributed by atoms with Crippen LogP contribution in [-0.4, -0.2) is 17.9 Å². The number of para-hydroxylation sites is 1. The van der Waals surface area contributed by atoms with Gasteiger partial charge in [-0.25, -0.2) is 0 Å². The number of carbonyl (C=O) groups excluding carboxylic acids is 1. The first kappa shape index (κ1) is 13.4. The van der Waals surface area contributed by atoms with Gasteiger partial charge in [-0.15, -0.1) is 0 Å². The van der Waals surface area contributed by atoms with Crippen molar-refractivity contribution in [1.29, 1.82) is 0 Å². The molecule has 2 aromatic carbocycles. The minimum atomic E-state index is -0.00644. The number of carbonyl (C=O) groups is 1. The van der Waals surface area contributed by atoms with Gasteiger partial charge in [-0.05, 0) is 49.2 Å². The highest BCUT2D eigenvalue weighted by Gasteiger charge is 2.17. The quantitative estimate of drug-likeness (QED) is 0.754. The fourth-order valence-electron chi connectivity index (χ4n) is 2.71. The highest BCUT2D eigenvalue weighted by molar-refractivity contribution is 6.13. The van der Waals surface area contributed by atoms with E-state index in [1.54, 1.807) is 4.90 Å². The Labute approximate surface area is 124 Å². The van der Waals surface area contributed by atoms with Gasteiger partial charge in [0, 0.05) is 24.3 Å². The number of benzene rings is 2. The number of H-pyrrole nitrogens is 1. The Kier molecular flexibility index (Phi) is 3.26. The number of fused-ring (bicyclic) bond motifs is 1. The summed E-state index contributed by atoms with van der Waals surface area (Å²) in [5.74, 6) is -0.00644. The zero-order chi connectivity index (χ0) is 15.0. The van der Waals surface area contributed by atoms with Gasteiger partial charge in [0.1, 0.15) is 0 Å². The van der Waals surface area contributed by atoms with Crippen LogP contribution in [-0.2, 0) is 0 Å². The third-order valence-corrected chi connectivity index (χ3v) is 3.72. The summed E-state index contributed by atoms with van der Waals surface area (Å²) in [6.45, 7) is 4.08. The molecule has 106 valence electrons. The van der Waals surface area contributed by atoms with Crippen molar-refractivity contribution in [3.8, 4) is 0 Å². The van der Waals surface area contributed by atoms with Crippen LogP contribution in [0.1, 0.15) is 21.5 Å². The first-order valence-corrected chi connectivity index (χ1v) is 6.99. The lowest BCUT2D eigenvalue weighted by molar-refractivity contribution is 0.0994. The molecule has 0 aliphatic heterocycles. The molecule has 0 fully saturated rings. The van der Waals surface area contributed by atoms with Crippen molar-refractivity contribution >= 4 is 22.5 Å². The molecule has 1 aromatic heterocycles. The topological polar surface area (TPSA) is 36.1 Å². The molecule has 3 heteroatoms. The molecule has 3 aromatic rings. The number of hydrogen-bond donors (Lipinski definition) is 1. The Morgan fingerprint density at radius 3 is 2.48 bits per heavy atom. The number of rotatable bonds is 2. The minimum absolute atomic E-state index is 0.00644. The fraction of sp³-hybridized carbons (Fsp3) is 0.167. The van der Waals surface area contributed by atoms with Crippen LogP contribution in [0.15, 0.2) is 48.7 Å². The molecule has 21 heavy (non-hydrogen) atoms. The van der Waals surface area contributed by atoms with Crippen molar-refractivity contribution in [1.82, 2.24) is 4.98 Å². The Hall–Kier alpha value is -2.55. The van der Waals surface area contributed by atoms with E-state index in [1.165, 1.54) is 0 Å². The number of nitrogens with one attached hydrogen (secondary N) is 1. The van der Waals surface area contributed by atoms with Crippen LogP contribution in [0.4, 0.5) is 5.69 Å². The normalized spacial score (nSPS) is 10.8. The van der Waals surface area contributed by atoms with Crippen molar-refractivity contribution in [2.75, 3.05) is 11.9 Å². The smallest absolute Gasteiger partial charge is 0.260 e. The van der Waals surface area contributed by atoms with Crippen LogP contribution in [0, 0.1) is 13.8 Å². The third kappa shape index (κ3) is 2.42. The lowest BCUT2D eigenvalue weighted by atomic mass is 10.1. The predicted octanol–water partition coefficient (Wildman–Crippen LogP) is 4.06. The van der Waals surface area contributed by atoms with Gasteiger partial charge in [0.15, 0.2) is 0 Å². The zero-order valence-electron chi connectivity index (χ0n) is 12.5. The standard InChI is InChI=1S/C18H18N2O/c1-12-9-13(2)11-15(10-12)20(3)18(21)16-6-4-5-14-7-8-19-17(14)16/h4-11,19H,1-3H3. The monoisotopic (exact) mass is 278 g/mol. The summed E-state index contributed by atoms with van der Waals surface area (Å²) in [5, 5.41) is 1.05. The van der Waals surface area contributed by atoms with Crippen molar-refractivity contribution < 1.29 is 4.79 Å². The van der Waals surface area contributed by atoms with Gasteiger partial charge in [0.05, 0.1) is 11.1 Å². The molecule has 0 aliphatic carbocycles. The number of nitrogens with zero attached hydrogens (tertiary/aromatic N) is 1. The Morgan fingerprint density at radius 1 is 1.05 bits per heavy atom. The maximum absolute atomic E-state index is 12.8. The maximum Gasteiger partial charge on any atom is 0.260 e. The summed E-state index contributed by atoms with van der Waals surface area (Å²) >= 11 is 0. The van der Waals surface area contributed by atoms with Gasteiger partial charge in [0.25, 0.3) is 5.91 Å². The summed E-state index contributed by atoms with van der Waals surface area (Å²) in [7, 11) is 1.82. The molecule has 0 spiro atoms. The Morgan fingerprint density at radius 2 is 1.76 bits per heavy atom. The van der Waals surface area contributed by atoms with Crippen LogP contribution in [0.5, 0.6) is 0 Å². The number of anilines is 1. The van der Waals surface area contributed by atoms with Crippen molar-refractivity contribution in [3.63, 3.8) is 0 Å². The molecular formula is C18H18N2O. The number of aromatic amines is 1. The number of aromatic nitrogens is 1. The van der Waals surface area contributed by atoms with E-state index >= 15 is 0 Å². The molecule has 3 rings (SSSR count). The molecule has 1 N–H and O–H groups in total. The van der Waals surface area contributed by atoms with E-state index in [0.29, 0.717) is 5.56 Å². The number of aryl methyl sites for hydroxylation is 2. The maximum atomic E-state index is 12.8. The second-order valence-corrected chi connectivity index (χ2v) is 5.46. The SMILES string of the molecule is Cc1cc(C)cc(N(C)C(=O)c2cccc3cc[nH]c23)c1. The summed E-state index contributed by atoms with van der Waals surface area (Å²) < 4.78 is 0. The average molecular weight is 278 g/mol. The van der Waals surface area contributed by atoms with Gasteiger partial charge in [0.2, 0.25) is 0 Å². The molecule has 3 nitrogen and oxygen atoms in total. The average Bonchev–Trinajstić information content (AvgIpc) is 2.93. The summed E-state index contributed by atoms with van der Waals surface area (Å²) in [6.07, 6.45) is 1.86. The third-order valence-electron chi connectivity index (χ3n) is 3.72. The van der Waals surface area contributed by atoms with Crippen molar-refractivity contribution in [3.05, 3.63) is 65.4 Å². The molecule has 1 amide bonds. The van der Waals surface area contributed by atoms with Crippen molar-refractivity contribution in [2.45, 2.75) is 13.8 Å². The van der Waals surface area contributed by atoms with E-state index in [1.807, 2.05) is 63.5 Å². The summed E-state index contributed by atoms with van der Waals surface area (Å²) in [6, 6.07) is 13.9. The second kappa shape index (κ2) is 5.09. The van der Waals surface area contributed by atoms with E-state index in [4.69, 9.17) is 0 Å². The fourth-order valence-corrected chi connectivity index (χ4v) is 2.71. The van der Waals surface area contributed by atoms with Crippen LogP contribution in [0.25, 0.3) is 10.9 Å². The molecule has 1 heterocycles. The Balaban J connectivity index is 2.03. The number of hydrogen-bond acceptors (Lipinski definition) is 1. The van der Waals surface area contributed by atoms with E-state index in [0.717, 1.165) is 27.7 Å². The van der Waals surface area contributed by atoms with Gasteiger partial charge >= 0.3 is 0 Å². The molecule has 0 bridgehead atoms. The molecule has 0 radical (unpaired) electrons. The molecule has 0 atom stereocenters. The van der Waals surface area contributed by atoms with E-state index < -0.39 is 0 Å². The van der Waals surface area contributed by atoms with Gasteiger partial charge in [-0.2, -0.15) is 0 Å². The first-order chi connectivity index (χ1) is 10.1. The Bertz CT molecular complexity index is 797. The van der Waals surface area contributed by atoms with Crippen LogP contribution in [0.2, 0.25) is 0 Å². The van der Waals surface area contributed by atoms with Crippen LogP contribution < -0.4 is 4.90 Å². The highest BCUT2D eigenvalue weighted by Crippen LogP contribution is 2.23. The number of amides is 1. The summed E-state index contributed by atoms with van der Waals surface area (Å²) in [4.78, 5) is 17.6. The predicted molar refractivity (Wildman–Crippen MR) is 86.9 cm³/mol. The van der Waals surface area contributed by atoms with Crippen molar-refractivity contribution in [2.24, 2.45) is 0 Å². The van der Waals surface area contributed by atoms with Crippen LogP contribution in [0.3, 0.4) is 0 Å². The lowest BCUT2D eigenvalue weighted by Gasteiger charge is -2.19. The minimum Gasteiger partial charge on any atom is -0.361 e. The second-order valence-electron chi connectivity index (χ2n) is 5.46. The van der Waals surface area contributed by atoms with E-state index in [-0.39, 0.29) is 5.91 Å². The van der Waals surface area contributed by atoms with E-state index in [9.17, 15) is 4.79 Å². The highest BCUT2D eigenvalue weighted by atomic mass is 16.2. The zero-order valence-corrected chi connectivity index (χ0v) is 12.5. The molecule has 0 saturated heterocycles. The molecular weight excluding hydrogens is 260 g/mol. The van der Waals surface area contributed by atoms with E-state index in [2.05, 4.69) is 11.1 Å². The molecule has 0 unspecified atom stereocenters. The van der Waals surface area contributed by atoms with Gasteiger partial charge < -0.3 is 9.88 Å². The molecule has 0 aliphatic rings. The van der Waals surface area contributed by atoms with Crippen LogP contribution >= 0.6 is 0 Å². The summed E-state index contributed by atoms with van der Waals surface area (Å²) in [5.41, 5.74) is 4.81. The van der Waals surface area contributed by atoms with Gasteiger partial charge in [-0.3, -0.25) is 4.79 Å². The largest absolute Gasteiger partial charge is 0.361 e. The van der Waals surface area contributed by atoms with Gasteiger partial charge in [-0.1, -0.05) is 18.2 Å².